The fraction of sp³-hybridized carbons (Fsp3) is 0.310. The summed E-state index contributed by atoms with van der Waals surface area (Å²) in [7, 11) is 0. The summed E-state index contributed by atoms with van der Waals surface area (Å²) < 4.78 is 5.87. The smallest absolute Gasteiger partial charge is 0.326 e. The van der Waals surface area contributed by atoms with E-state index in [1.54, 1.807) is 4.90 Å². The summed E-state index contributed by atoms with van der Waals surface area (Å²) in [4.78, 5) is 27.0. The molecule has 3 amide bonds. The molecular formula is C29H35N3O3. The second-order valence-electron chi connectivity index (χ2n) is 8.52. The minimum Gasteiger partial charge on any atom is -0.457 e. The van der Waals surface area contributed by atoms with Crippen LogP contribution in [-0.2, 0) is 4.79 Å². The van der Waals surface area contributed by atoms with E-state index in [-0.39, 0.29) is 11.9 Å². The molecule has 0 unspecified atom stereocenters. The van der Waals surface area contributed by atoms with E-state index in [1.165, 1.54) is 0 Å². The lowest BCUT2D eigenvalue weighted by Gasteiger charge is -2.24. The fourth-order valence-corrected chi connectivity index (χ4v) is 3.69. The molecule has 3 aromatic carbocycles. The van der Waals surface area contributed by atoms with Gasteiger partial charge in [0, 0.05) is 30.9 Å². The zero-order valence-corrected chi connectivity index (χ0v) is 20.6. The van der Waals surface area contributed by atoms with Gasteiger partial charge in [-0.15, -0.1) is 0 Å². The number of nitrogens with one attached hydrogen (secondary N) is 2. The van der Waals surface area contributed by atoms with Crippen LogP contribution in [0.4, 0.5) is 16.2 Å². The molecule has 0 aliphatic heterocycles. The van der Waals surface area contributed by atoms with Crippen LogP contribution in [0.3, 0.4) is 0 Å². The lowest BCUT2D eigenvalue weighted by atomic mass is 10.1. The Balaban J connectivity index is 1.65. The number of para-hydroxylation sites is 1. The van der Waals surface area contributed by atoms with Crippen LogP contribution in [0, 0.1) is 6.92 Å². The van der Waals surface area contributed by atoms with Gasteiger partial charge in [-0.3, -0.25) is 9.69 Å². The number of carbonyl (C=O) groups is 2. The molecule has 0 bridgehead atoms. The molecule has 35 heavy (non-hydrogen) atoms. The normalized spacial score (nSPS) is 10.5. The highest BCUT2D eigenvalue weighted by Crippen LogP contribution is 2.25. The van der Waals surface area contributed by atoms with Gasteiger partial charge in [0.05, 0.1) is 0 Å². The summed E-state index contributed by atoms with van der Waals surface area (Å²) in [6.07, 6.45) is 4.75. The zero-order valence-electron chi connectivity index (χ0n) is 20.6. The molecule has 0 saturated heterocycles. The molecule has 0 atom stereocenters. The topological polar surface area (TPSA) is 70.7 Å². The summed E-state index contributed by atoms with van der Waals surface area (Å²) in [5.74, 6) is 1.45. The standard InChI is InChI=1S/C29H35N3O3/c1-3-4-5-9-15-28(33)30-20-21-32(29(34)31-24-12-10-11-23(2)22-24)25-16-18-27(19-17-25)35-26-13-7-6-8-14-26/h6-8,10-14,16-19,22H,3-5,9,15,20-21H2,1-2H3,(H,30,33)(H,31,34). The van der Waals surface area contributed by atoms with Gasteiger partial charge in [-0.25, -0.2) is 4.79 Å². The van der Waals surface area contributed by atoms with Gasteiger partial charge in [0.25, 0.3) is 0 Å². The monoisotopic (exact) mass is 473 g/mol. The van der Waals surface area contributed by atoms with Gasteiger partial charge in [-0.2, -0.15) is 0 Å². The molecule has 0 aromatic heterocycles. The molecule has 3 aromatic rings. The molecule has 0 radical (unpaired) electrons. The molecule has 0 fully saturated rings. The second-order valence-corrected chi connectivity index (χ2v) is 8.52. The van der Waals surface area contributed by atoms with Gasteiger partial charge in [0.1, 0.15) is 11.5 Å². The van der Waals surface area contributed by atoms with Gasteiger partial charge in [0.2, 0.25) is 5.91 Å². The summed E-state index contributed by atoms with van der Waals surface area (Å²) in [5.41, 5.74) is 2.50. The first kappa shape index (κ1) is 25.8. The highest BCUT2D eigenvalue weighted by molar-refractivity contribution is 6.01. The van der Waals surface area contributed by atoms with Crippen LogP contribution in [0.2, 0.25) is 0 Å². The Hall–Kier alpha value is -3.80. The third-order valence-electron chi connectivity index (χ3n) is 5.56. The number of unbranched alkanes of at least 4 members (excludes halogenated alkanes) is 3. The SMILES string of the molecule is CCCCCCC(=O)NCCN(C(=O)Nc1cccc(C)c1)c1ccc(Oc2ccccc2)cc1. The van der Waals surface area contributed by atoms with Crippen molar-refractivity contribution in [2.24, 2.45) is 0 Å². The molecule has 6 heteroatoms. The van der Waals surface area contributed by atoms with Crippen molar-refractivity contribution in [2.45, 2.75) is 46.0 Å². The first-order valence-corrected chi connectivity index (χ1v) is 12.3. The van der Waals surface area contributed by atoms with E-state index in [4.69, 9.17) is 4.74 Å². The Morgan fingerprint density at radius 2 is 1.60 bits per heavy atom. The summed E-state index contributed by atoms with van der Waals surface area (Å²) in [5, 5.41) is 5.91. The second kappa shape index (κ2) is 13.8. The van der Waals surface area contributed by atoms with Crippen LogP contribution in [0.1, 0.15) is 44.6 Å². The van der Waals surface area contributed by atoms with E-state index in [1.807, 2.05) is 85.8 Å². The predicted octanol–water partition coefficient (Wildman–Crippen LogP) is 6.91. The Kier molecular flexibility index (Phi) is 10.2. The van der Waals surface area contributed by atoms with Crippen LogP contribution in [0.5, 0.6) is 11.5 Å². The van der Waals surface area contributed by atoms with Crippen LogP contribution in [0.15, 0.2) is 78.9 Å². The van der Waals surface area contributed by atoms with E-state index in [0.717, 1.165) is 42.7 Å². The van der Waals surface area contributed by atoms with E-state index >= 15 is 0 Å². The predicted molar refractivity (Wildman–Crippen MR) is 142 cm³/mol. The number of carbonyl (C=O) groups excluding carboxylic acids is 2. The Labute approximate surface area is 208 Å². The molecule has 6 nitrogen and oxygen atoms in total. The van der Waals surface area contributed by atoms with Crippen molar-refractivity contribution in [3.05, 3.63) is 84.4 Å². The Morgan fingerprint density at radius 3 is 2.31 bits per heavy atom. The summed E-state index contributed by atoms with van der Waals surface area (Å²) >= 11 is 0. The number of rotatable bonds is 12. The Morgan fingerprint density at radius 1 is 0.857 bits per heavy atom. The van der Waals surface area contributed by atoms with Crippen molar-refractivity contribution in [1.82, 2.24) is 5.32 Å². The van der Waals surface area contributed by atoms with Crippen LogP contribution in [-0.4, -0.2) is 25.0 Å². The average molecular weight is 474 g/mol. The third kappa shape index (κ3) is 8.81. The van der Waals surface area contributed by atoms with Crippen molar-refractivity contribution in [1.29, 1.82) is 0 Å². The van der Waals surface area contributed by atoms with E-state index in [9.17, 15) is 9.59 Å². The van der Waals surface area contributed by atoms with Crippen LogP contribution >= 0.6 is 0 Å². The molecule has 0 saturated carbocycles. The van der Waals surface area contributed by atoms with Crippen molar-refractivity contribution in [3.63, 3.8) is 0 Å². The van der Waals surface area contributed by atoms with Gasteiger partial charge < -0.3 is 15.4 Å². The molecule has 3 rings (SSSR count). The number of benzene rings is 3. The van der Waals surface area contributed by atoms with Crippen LogP contribution < -0.4 is 20.3 Å². The first-order valence-electron chi connectivity index (χ1n) is 12.3. The van der Waals surface area contributed by atoms with Gasteiger partial charge in [-0.1, -0.05) is 56.5 Å². The fourth-order valence-electron chi connectivity index (χ4n) is 3.69. The number of nitrogens with zero attached hydrogens (tertiary/aromatic N) is 1. The Bertz CT molecular complexity index is 1070. The van der Waals surface area contributed by atoms with E-state index in [0.29, 0.717) is 30.9 Å². The van der Waals surface area contributed by atoms with Crippen molar-refractivity contribution in [2.75, 3.05) is 23.3 Å². The van der Waals surface area contributed by atoms with Crippen molar-refractivity contribution >= 4 is 23.3 Å². The maximum atomic E-state index is 13.2. The molecule has 0 spiro atoms. The summed E-state index contributed by atoms with van der Waals surface area (Å²) in [6.45, 7) is 4.85. The average Bonchev–Trinajstić information content (AvgIpc) is 2.86. The highest BCUT2D eigenvalue weighted by atomic mass is 16.5. The van der Waals surface area contributed by atoms with E-state index < -0.39 is 0 Å². The quantitative estimate of drug-likeness (QED) is 0.281. The van der Waals surface area contributed by atoms with Crippen LogP contribution in [0.25, 0.3) is 0 Å². The number of ether oxygens (including phenoxy) is 1. The van der Waals surface area contributed by atoms with E-state index in [2.05, 4.69) is 17.6 Å². The van der Waals surface area contributed by atoms with Gasteiger partial charge >= 0.3 is 6.03 Å². The maximum absolute atomic E-state index is 13.2. The highest BCUT2D eigenvalue weighted by Gasteiger charge is 2.17. The lowest BCUT2D eigenvalue weighted by molar-refractivity contribution is -0.121. The number of aryl methyl sites for hydroxylation is 1. The number of urea groups is 1. The van der Waals surface area contributed by atoms with Crippen molar-refractivity contribution < 1.29 is 14.3 Å². The third-order valence-corrected chi connectivity index (χ3v) is 5.56. The number of hydrogen-bond donors (Lipinski definition) is 2. The van der Waals surface area contributed by atoms with Crippen molar-refractivity contribution in [3.8, 4) is 11.5 Å². The molecule has 0 aliphatic rings. The molecule has 2 N–H and O–H groups in total. The maximum Gasteiger partial charge on any atom is 0.326 e. The summed E-state index contributed by atoms with van der Waals surface area (Å²) in [6, 6.07) is 24.3. The van der Waals surface area contributed by atoms with Gasteiger partial charge in [-0.05, 0) is 67.4 Å². The molecule has 0 aliphatic carbocycles. The number of anilines is 2. The molecular weight excluding hydrogens is 438 g/mol. The number of amides is 3. The lowest BCUT2D eigenvalue weighted by Crippen LogP contribution is -2.41. The first-order chi connectivity index (χ1) is 17.0. The minimum absolute atomic E-state index is 0.0201. The zero-order chi connectivity index (χ0) is 24.9. The largest absolute Gasteiger partial charge is 0.457 e. The minimum atomic E-state index is -0.260. The number of hydrogen-bond acceptors (Lipinski definition) is 3. The molecule has 184 valence electrons. The van der Waals surface area contributed by atoms with Gasteiger partial charge in [0.15, 0.2) is 0 Å². The molecule has 0 heterocycles.